The zero-order valence-corrected chi connectivity index (χ0v) is 19.5. The number of rotatable bonds is 5. The largest absolute Gasteiger partial charge is 0.335 e. The summed E-state index contributed by atoms with van der Waals surface area (Å²) in [6, 6.07) is 28.6. The van der Waals surface area contributed by atoms with Crippen LogP contribution in [0.3, 0.4) is 0 Å². The van der Waals surface area contributed by atoms with Gasteiger partial charge in [0, 0.05) is 11.6 Å². The van der Waals surface area contributed by atoms with E-state index in [4.69, 9.17) is 0 Å². The van der Waals surface area contributed by atoms with Gasteiger partial charge in [-0.1, -0.05) is 98.1 Å². The monoisotopic (exact) mass is 450 g/mol. The Kier molecular flexibility index (Phi) is 7.75. The SMILES string of the molecule is CC(=C=C(c1ccccc1)c1ccccc1)C(=O)N(C(=O)NC1CCCCC1)c1ccccc1. The maximum Gasteiger partial charge on any atom is 0.329 e. The molecule has 3 aromatic carbocycles. The lowest BCUT2D eigenvalue weighted by Crippen LogP contribution is -2.48. The van der Waals surface area contributed by atoms with E-state index in [-0.39, 0.29) is 18.0 Å². The molecule has 1 saturated carbocycles. The van der Waals surface area contributed by atoms with Crippen LogP contribution in [0.25, 0.3) is 5.57 Å². The molecule has 3 amide bonds. The quantitative estimate of drug-likeness (QED) is 0.346. The molecule has 0 radical (unpaired) electrons. The molecule has 34 heavy (non-hydrogen) atoms. The molecule has 1 aliphatic rings. The van der Waals surface area contributed by atoms with Crippen LogP contribution in [0.5, 0.6) is 0 Å². The normalized spacial score (nSPS) is 13.4. The van der Waals surface area contributed by atoms with Crippen molar-refractivity contribution in [3.63, 3.8) is 0 Å². The number of urea groups is 1. The first-order chi connectivity index (χ1) is 16.6. The van der Waals surface area contributed by atoms with Gasteiger partial charge in [0.1, 0.15) is 0 Å². The van der Waals surface area contributed by atoms with Crippen molar-refractivity contribution in [2.45, 2.75) is 45.1 Å². The molecule has 1 fully saturated rings. The predicted octanol–water partition coefficient (Wildman–Crippen LogP) is 6.74. The summed E-state index contributed by atoms with van der Waals surface area (Å²) in [5.74, 6) is -0.385. The highest BCUT2D eigenvalue weighted by atomic mass is 16.2. The molecule has 1 aliphatic carbocycles. The van der Waals surface area contributed by atoms with Crippen LogP contribution in [0, 0.1) is 0 Å². The van der Waals surface area contributed by atoms with E-state index in [1.54, 1.807) is 19.1 Å². The van der Waals surface area contributed by atoms with Crippen LogP contribution in [0.1, 0.15) is 50.2 Å². The van der Waals surface area contributed by atoms with E-state index in [0.717, 1.165) is 42.4 Å². The van der Waals surface area contributed by atoms with E-state index in [1.807, 2.05) is 78.9 Å². The Morgan fingerprint density at radius 3 is 1.79 bits per heavy atom. The third kappa shape index (κ3) is 5.72. The van der Waals surface area contributed by atoms with Crippen molar-refractivity contribution in [2.24, 2.45) is 0 Å². The number of carbonyl (C=O) groups excluding carboxylic acids is 2. The maximum absolute atomic E-state index is 13.7. The highest BCUT2D eigenvalue weighted by Crippen LogP contribution is 2.24. The topological polar surface area (TPSA) is 49.4 Å². The molecular formula is C30H30N2O2. The molecule has 0 saturated heterocycles. The van der Waals surface area contributed by atoms with Crippen LogP contribution < -0.4 is 10.2 Å². The summed E-state index contributed by atoms with van der Waals surface area (Å²) in [5, 5.41) is 3.09. The molecule has 172 valence electrons. The number of imide groups is 1. The van der Waals surface area contributed by atoms with Gasteiger partial charge in [0.2, 0.25) is 0 Å². The zero-order chi connectivity index (χ0) is 23.8. The first-order valence-corrected chi connectivity index (χ1v) is 11.9. The third-order valence-electron chi connectivity index (χ3n) is 6.11. The first kappa shape index (κ1) is 23.3. The van der Waals surface area contributed by atoms with E-state index >= 15 is 0 Å². The van der Waals surface area contributed by atoms with Crippen molar-refractivity contribution < 1.29 is 9.59 Å². The van der Waals surface area contributed by atoms with E-state index in [1.165, 1.54) is 11.3 Å². The molecule has 0 heterocycles. The predicted molar refractivity (Wildman–Crippen MR) is 137 cm³/mol. The number of hydrogen-bond donors (Lipinski definition) is 1. The van der Waals surface area contributed by atoms with Crippen LogP contribution in [0.15, 0.2) is 102 Å². The molecule has 0 aromatic heterocycles. The third-order valence-corrected chi connectivity index (χ3v) is 6.11. The minimum atomic E-state index is -0.385. The van der Waals surface area contributed by atoms with E-state index in [0.29, 0.717) is 11.3 Å². The Hall–Kier alpha value is -3.88. The number of hydrogen-bond acceptors (Lipinski definition) is 2. The molecule has 4 heteroatoms. The van der Waals surface area contributed by atoms with Crippen LogP contribution >= 0.6 is 0 Å². The average Bonchev–Trinajstić information content (AvgIpc) is 2.89. The Labute approximate surface area is 201 Å². The van der Waals surface area contributed by atoms with Crippen LogP contribution in [0.4, 0.5) is 10.5 Å². The fourth-order valence-electron chi connectivity index (χ4n) is 4.32. The maximum atomic E-state index is 13.7. The Morgan fingerprint density at radius 1 is 0.765 bits per heavy atom. The Bertz CT molecular complexity index is 1130. The average molecular weight is 451 g/mol. The molecule has 1 N–H and O–H groups in total. The van der Waals surface area contributed by atoms with Crippen molar-refractivity contribution in [2.75, 3.05) is 4.90 Å². The lowest BCUT2D eigenvalue weighted by molar-refractivity contribution is -0.114. The summed E-state index contributed by atoms with van der Waals surface area (Å²) in [4.78, 5) is 28.2. The van der Waals surface area contributed by atoms with Crippen LogP contribution in [-0.4, -0.2) is 18.0 Å². The van der Waals surface area contributed by atoms with E-state index < -0.39 is 0 Å². The molecule has 4 nitrogen and oxygen atoms in total. The molecular weight excluding hydrogens is 420 g/mol. The fourth-order valence-corrected chi connectivity index (χ4v) is 4.32. The molecule has 0 aliphatic heterocycles. The van der Waals surface area contributed by atoms with E-state index in [2.05, 4.69) is 11.0 Å². The van der Waals surface area contributed by atoms with E-state index in [9.17, 15) is 9.59 Å². The molecule has 0 atom stereocenters. The summed E-state index contributed by atoms with van der Waals surface area (Å²) in [7, 11) is 0. The van der Waals surface area contributed by atoms with Gasteiger partial charge in [-0.25, -0.2) is 9.69 Å². The lowest BCUT2D eigenvalue weighted by atomic mass is 9.96. The molecule has 0 spiro atoms. The van der Waals surface area contributed by atoms with Gasteiger partial charge in [-0.3, -0.25) is 4.79 Å². The lowest BCUT2D eigenvalue weighted by Gasteiger charge is -2.27. The zero-order valence-electron chi connectivity index (χ0n) is 19.5. The van der Waals surface area contributed by atoms with Crippen LogP contribution in [-0.2, 0) is 4.79 Å². The summed E-state index contributed by atoms with van der Waals surface area (Å²) >= 11 is 0. The van der Waals surface area contributed by atoms with Gasteiger partial charge in [0.05, 0.1) is 11.3 Å². The van der Waals surface area contributed by atoms with Gasteiger partial charge in [-0.05, 0) is 43.0 Å². The summed E-state index contributed by atoms with van der Waals surface area (Å²) in [5.41, 5.74) is 6.96. The van der Waals surface area contributed by atoms with Crippen LogP contribution in [0.2, 0.25) is 0 Å². The molecule has 4 rings (SSSR count). The Balaban J connectivity index is 1.74. The Morgan fingerprint density at radius 2 is 1.26 bits per heavy atom. The second kappa shape index (κ2) is 11.3. The van der Waals surface area contributed by atoms with Gasteiger partial charge in [-0.15, -0.1) is 5.73 Å². The van der Waals surface area contributed by atoms with Crippen molar-refractivity contribution in [3.8, 4) is 0 Å². The number of amides is 3. The minimum absolute atomic E-state index is 0.101. The number of benzene rings is 3. The van der Waals surface area contributed by atoms with Crippen molar-refractivity contribution in [3.05, 3.63) is 113 Å². The second-order valence-corrected chi connectivity index (χ2v) is 8.62. The van der Waals surface area contributed by atoms with Crippen molar-refractivity contribution in [1.82, 2.24) is 5.32 Å². The highest BCUT2D eigenvalue weighted by molar-refractivity contribution is 6.20. The van der Waals surface area contributed by atoms with Gasteiger partial charge in [0.25, 0.3) is 5.91 Å². The summed E-state index contributed by atoms with van der Waals surface area (Å²) in [6.45, 7) is 1.72. The highest BCUT2D eigenvalue weighted by Gasteiger charge is 2.27. The number of carbonyl (C=O) groups is 2. The second-order valence-electron chi connectivity index (χ2n) is 8.62. The number of anilines is 1. The number of para-hydroxylation sites is 1. The fraction of sp³-hybridized carbons (Fsp3) is 0.233. The minimum Gasteiger partial charge on any atom is -0.335 e. The standard InChI is InChI=1S/C30H30N2O2/c1-23(22-28(24-14-6-2-7-15-24)25-16-8-3-9-17-25)29(33)32(27-20-12-5-13-21-27)30(34)31-26-18-10-4-11-19-26/h2-3,5-9,12-17,20-21,26H,4,10-11,18-19H2,1H3,(H,31,34). The van der Waals surface area contributed by atoms with Gasteiger partial charge >= 0.3 is 6.03 Å². The van der Waals surface area contributed by atoms with Gasteiger partial charge in [-0.2, -0.15) is 0 Å². The van der Waals surface area contributed by atoms with Crippen molar-refractivity contribution in [1.29, 1.82) is 0 Å². The molecule has 3 aromatic rings. The van der Waals surface area contributed by atoms with Gasteiger partial charge in [0.15, 0.2) is 0 Å². The number of nitrogens with zero attached hydrogens (tertiary/aromatic N) is 1. The number of nitrogens with one attached hydrogen (secondary N) is 1. The van der Waals surface area contributed by atoms with Gasteiger partial charge < -0.3 is 5.32 Å². The summed E-state index contributed by atoms with van der Waals surface area (Å²) in [6.07, 6.45) is 5.29. The smallest absolute Gasteiger partial charge is 0.329 e. The molecule has 0 unspecified atom stereocenters. The van der Waals surface area contributed by atoms with Crippen molar-refractivity contribution >= 4 is 23.2 Å². The molecule has 0 bridgehead atoms. The first-order valence-electron chi connectivity index (χ1n) is 11.9. The summed E-state index contributed by atoms with van der Waals surface area (Å²) < 4.78 is 0.